The summed E-state index contributed by atoms with van der Waals surface area (Å²) >= 11 is 0. The molecule has 0 radical (unpaired) electrons. The van der Waals surface area contributed by atoms with Gasteiger partial charge in [0.05, 0.1) is 100 Å². The zero-order valence-electron chi connectivity index (χ0n) is 63.1. The van der Waals surface area contributed by atoms with Gasteiger partial charge in [0.1, 0.15) is 17.1 Å². The number of hydrogen-bond donors (Lipinski definition) is 6. The highest BCUT2D eigenvalue weighted by molar-refractivity contribution is 7.91. The number of morpholine rings is 1. The number of nitrogens with zero attached hydrogens (tertiary/aromatic N) is 14. The summed E-state index contributed by atoms with van der Waals surface area (Å²) in [4.78, 5) is 37.0. The number of fused-ring (bicyclic) bond motifs is 3. The minimum Gasteiger partial charge on any atom is -0.393 e. The maximum atomic E-state index is 13.8. The molecule has 1 aliphatic heterocycles. The van der Waals surface area contributed by atoms with E-state index in [-0.39, 0.29) is 72.0 Å². The molecule has 3 saturated carbocycles. The van der Waals surface area contributed by atoms with E-state index in [1.165, 1.54) is 25.6 Å². The van der Waals surface area contributed by atoms with E-state index in [4.69, 9.17) is 29.2 Å². The Hall–Kier alpha value is -8.27. The SMILES string of the molecule is COC[C@H](C)Nc1ncc2c(-c3ccnc(C(F)(F)F)c3)cc(C3CCC(O)CC3)n2n1.COC[C@H](C)Nc1ncc2c(-c3cnn(C(C)(C)C(=O)N4CCO[C@@H](C(C)(C)C)C4)c3)cc(C3CCC(O)CC3)n2n1.C[C@H](Cc1ncc2c(-c3cncc([S@@](C)(=N)=O)c3)cc(C3CCC(O)CC3)n2n1)CC(F)(F)F. The number of methoxy groups -OCH3 is 2. The van der Waals surface area contributed by atoms with E-state index in [9.17, 15) is 50.7 Å². The fourth-order valence-corrected chi connectivity index (χ4v) is 15.5. The van der Waals surface area contributed by atoms with Gasteiger partial charge in [-0.15, -0.1) is 10.2 Å². The van der Waals surface area contributed by atoms with Crippen LogP contribution in [0.15, 0.2) is 90.9 Å². The number of amides is 1. The van der Waals surface area contributed by atoms with E-state index < -0.39 is 45.7 Å². The van der Waals surface area contributed by atoms with Gasteiger partial charge in [0.2, 0.25) is 17.8 Å². The average molecular weight is 1530 g/mol. The molecule has 1 amide bonds. The number of carbonyl (C=O) groups excluding carboxylic acids is 1. The quantitative estimate of drug-likeness (QED) is 0.0386. The van der Waals surface area contributed by atoms with Crippen molar-refractivity contribution in [3.8, 4) is 33.4 Å². The van der Waals surface area contributed by atoms with Gasteiger partial charge < -0.3 is 45.1 Å². The van der Waals surface area contributed by atoms with Crippen LogP contribution >= 0.6 is 0 Å². The van der Waals surface area contributed by atoms with Crippen LogP contribution in [0.1, 0.15) is 185 Å². The van der Waals surface area contributed by atoms with Gasteiger partial charge in [0.15, 0.2) is 0 Å². The number of aliphatic hydroxyl groups is 3. The van der Waals surface area contributed by atoms with Crippen LogP contribution in [0, 0.1) is 16.1 Å². The Kier molecular flexibility index (Phi) is 25.1. The van der Waals surface area contributed by atoms with Gasteiger partial charge in [-0.25, -0.2) is 37.5 Å². The molecule has 4 fully saturated rings. The smallest absolute Gasteiger partial charge is 0.393 e. The number of aliphatic hydroxyl groups excluding tert-OH is 3. The van der Waals surface area contributed by atoms with Crippen LogP contribution < -0.4 is 10.6 Å². The second-order valence-electron chi connectivity index (χ2n) is 31.2. The molecule has 6 N–H and O–H groups in total. The lowest BCUT2D eigenvalue weighted by atomic mass is 9.85. The lowest BCUT2D eigenvalue weighted by molar-refractivity contribution is -0.152. The van der Waals surface area contributed by atoms with Crippen molar-refractivity contribution >= 4 is 44.1 Å². The Bertz CT molecular complexity index is 4670. The summed E-state index contributed by atoms with van der Waals surface area (Å²) in [5.74, 6) is 1.20. The fraction of sp³-hybridized carbons (Fsp3) is 0.579. The van der Waals surface area contributed by atoms with Gasteiger partial charge in [-0.1, -0.05) is 27.7 Å². The number of hydrogen-bond acceptors (Lipinski definition) is 20. The monoisotopic (exact) mass is 1530 g/mol. The molecule has 586 valence electrons. The third-order valence-electron chi connectivity index (χ3n) is 20.9. The maximum absolute atomic E-state index is 13.8. The maximum Gasteiger partial charge on any atom is 0.433 e. The third-order valence-corrected chi connectivity index (χ3v) is 22.0. The first-order valence-electron chi connectivity index (χ1n) is 37.0. The van der Waals surface area contributed by atoms with Crippen molar-refractivity contribution in [2.75, 3.05) is 64.0 Å². The van der Waals surface area contributed by atoms with Crippen LogP contribution in [-0.2, 0) is 46.9 Å². The van der Waals surface area contributed by atoms with E-state index in [2.05, 4.69) is 72.6 Å². The van der Waals surface area contributed by atoms with E-state index in [1.54, 1.807) is 58.7 Å². The van der Waals surface area contributed by atoms with Gasteiger partial charge in [0.25, 0.3) is 0 Å². The topological polar surface area (TPSA) is 308 Å². The number of rotatable bonds is 20. The Morgan fingerprint density at radius 3 is 1.59 bits per heavy atom. The van der Waals surface area contributed by atoms with Crippen LogP contribution in [0.3, 0.4) is 0 Å². The highest BCUT2D eigenvalue weighted by atomic mass is 32.2. The highest BCUT2D eigenvalue weighted by Gasteiger charge is 2.41. The van der Waals surface area contributed by atoms with Crippen molar-refractivity contribution in [2.24, 2.45) is 11.3 Å². The van der Waals surface area contributed by atoms with Crippen molar-refractivity contribution < 1.29 is 64.9 Å². The number of anilines is 2. The van der Waals surface area contributed by atoms with Crippen molar-refractivity contribution in [3.63, 3.8) is 0 Å². The zero-order chi connectivity index (χ0) is 77.8. The summed E-state index contributed by atoms with van der Waals surface area (Å²) < 4.78 is 122. The first-order valence-corrected chi connectivity index (χ1v) is 39.0. The van der Waals surface area contributed by atoms with Gasteiger partial charge in [-0.2, -0.15) is 36.5 Å². The van der Waals surface area contributed by atoms with Gasteiger partial charge >= 0.3 is 12.4 Å². The number of ether oxygens (including phenoxy) is 3. The summed E-state index contributed by atoms with van der Waals surface area (Å²) in [6.07, 6.45) is 13.1. The van der Waals surface area contributed by atoms with Gasteiger partial charge in [-0.05, 0) is 158 Å². The largest absolute Gasteiger partial charge is 0.433 e. The molecule has 4 aliphatic rings. The normalized spacial score (nSPS) is 21.9. The number of alkyl halides is 6. The number of aromatic nitrogens is 13. The molecule has 5 atom stereocenters. The summed E-state index contributed by atoms with van der Waals surface area (Å²) in [6, 6.07) is 10.4. The zero-order valence-corrected chi connectivity index (χ0v) is 63.9. The Morgan fingerprint density at radius 1 is 0.639 bits per heavy atom. The van der Waals surface area contributed by atoms with E-state index in [1.807, 2.05) is 67.8 Å². The molecule has 13 rings (SSSR count). The minimum atomic E-state index is -4.53. The minimum absolute atomic E-state index is 0.0110. The van der Waals surface area contributed by atoms with Crippen LogP contribution in [0.25, 0.3) is 49.9 Å². The van der Waals surface area contributed by atoms with Crippen molar-refractivity contribution in [1.82, 2.24) is 68.4 Å². The van der Waals surface area contributed by atoms with Crippen molar-refractivity contribution in [3.05, 3.63) is 115 Å². The molecular formula is C76H101F6N17O8S. The number of nitrogens with one attached hydrogen (secondary N) is 3. The van der Waals surface area contributed by atoms with E-state index in [0.717, 1.165) is 96.7 Å². The predicted molar refractivity (Wildman–Crippen MR) is 397 cm³/mol. The Balaban J connectivity index is 0.000000163. The van der Waals surface area contributed by atoms with Crippen LogP contribution in [0.4, 0.5) is 38.2 Å². The number of pyridine rings is 2. The second-order valence-corrected chi connectivity index (χ2v) is 33.4. The van der Waals surface area contributed by atoms with Gasteiger partial charge in [0, 0.05) is 146 Å². The second kappa shape index (κ2) is 33.5. The summed E-state index contributed by atoms with van der Waals surface area (Å²) in [5, 5.41) is 55.3. The highest BCUT2D eigenvalue weighted by Crippen LogP contribution is 2.43. The summed E-state index contributed by atoms with van der Waals surface area (Å²) in [5.41, 5.74) is 7.53. The average Bonchev–Trinajstić information content (AvgIpc) is 1.62. The lowest BCUT2D eigenvalue weighted by Gasteiger charge is -2.42. The van der Waals surface area contributed by atoms with Crippen molar-refractivity contribution in [1.29, 1.82) is 4.78 Å². The lowest BCUT2D eigenvalue weighted by Crippen LogP contribution is -2.55. The molecule has 0 unspecified atom stereocenters. The van der Waals surface area contributed by atoms with Crippen LogP contribution in [0.2, 0.25) is 0 Å². The molecule has 3 aliphatic carbocycles. The molecule has 9 aromatic heterocycles. The number of halogens is 6. The third kappa shape index (κ3) is 19.5. The molecule has 108 heavy (non-hydrogen) atoms. The fourth-order valence-electron chi connectivity index (χ4n) is 14.9. The van der Waals surface area contributed by atoms with Gasteiger partial charge in [-0.3, -0.25) is 19.4 Å². The Labute approximate surface area is 625 Å². The molecule has 1 saturated heterocycles. The van der Waals surface area contributed by atoms with Crippen molar-refractivity contribution in [2.45, 2.75) is 222 Å². The molecule has 25 nitrogen and oxygen atoms in total. The molecule has 0 aromatic carbocycles. The molecule has 9 aromatic rings. The first kappa shape index (κ1) is 80.7. The Morgan fingerprint density at radius 2 is 1.12 bits per heavy atom. The summed E-state index contributed by atoms with van der Waals surface area (Å²) in [7, 11) is 0.324. The molecule has 32 heteroatoms. The predicted octanol–water partition coefficient (Wildman–Crippen LogP) is 13.3. The van der Waals surface area contributed by atoms with Crippen LogP contribution in [0.5, 0.6) is 0 Å². The standard InChI is InChI=1S/C31H47N7O4.C23H28F3N5O2S.C22H26F3N5O2/c1-20(19-41-7)34-29-32-16-26-24(14-25(38(26)35-29)21-8-10-23(39)11-9-21)22-15-33-37(17-22)31(5,6)28(40)36-12-13-42-27(18-36)30(2,3)4;1-14(10-23(24,25)26)7-22-29-13-21-19(16-8-18(12-28-11-16)34(2,27)33)9-20(31(21)30-22)15-3-5-17(32)6-4-15;1-13(12-32-2)28-21-27-11-19-17(15-7-8-26-20(9-15)22(23,24)25)10-18(30(19)29-21)14-3-5-16(31)6-4-14/h14-17,20-21,23,27,39H,8-13,18-19H2,1-7H3,(H,34,35);8-9,11-15,17,27,32H,3-7,10H2,1-2H3;7-11,13-14,16,31H,3-6,12H2,1-2H3,(H,28,29)/t20-,21?,23?,27+;14-,15?,17?,34+;13-,14?,16?/m010/s1. The first-order chi connectivity index (χ1) is 51.0. The molecule has 0 spiro atoms. The van der Waals surface area contributed by atoms with E-state index >= 15 is 0 Å². The van der Waals surface area contributed by atoms with Crippen LogP contribution in [-0.4, -0.2) is 190 Å². The molecular weight excluding hydrogens is 1430 g/mol. The number of carbonyl (C=O) groups is 1. The van der Waals surface area contributed by atoms with E-state index in [0.29, 0.717) is 109 Å². The molecule has 0 bridgehead atoms. The molecule has 10 heterocycles. The summed E-state index contributed by atoms with van der Waals surface area (Å²) in [6.45, 7) is 18.5.